The van der Waals surface area contributed by atoms with Crippen LogP contribution in [0.3, 0.4) is 0 Å². The first-order valence-electron chi connectivity index (χ1n) is 8.42. The molecule has 3 amide bonds. The van der Waals surface area contributed by atoms with Gasteiger partial charge in [0.1, 0.15) is 12.4 Å². The van der Waals surface area contributed by atoms with Crippen LogP contribution in [0.2, 0.25) is 0 Å². The summed E-state index contributed by atoms with van der Waals surface area (Å²) < 4.78 is 5.71. The summed E-state index contributed by atoms with van der Waals surface area (Å²) in [7, 11) is 0. The Bertz CT molecular complexity index is 673. The highest BCUT2D eigenvalue weighted by Gasteiger charge is 2.27. The third-order valence-electron chi connectivity index (χ3n) is 4.21. The molecule has 0 fully saturated rings. The molecule has 0 aliphatic carbocycles. The van der Waals surface area contributed by atoms with E-state index < -0.39 is 0 Å². The normalized spacial score (nSPS) is 15.1. The number of nitrogens with one attached hydrogen (secondary N) is 3. The van der Waals surface area contributed by atoms with Crippen molar-refractivity contribution >= 4 is 17.7 Å². The van der Waals surface area contributed by atoms with Crippen molar-refractivity contribution in [1.82, 2.24) is 16.0 Å². The molecule has 1 unspecified atom stereocenters. The molecule has 2 rings (SSSR count). The summed E-state index contributed by atoms with van der Waals surface area (Å²) >= 11 is 0. The third kappa shape index (κ3) is 5.20. The first-order valence-corrected chi connectivity index (χ1v) is 8.42. The van der Waals surface area contributed by atoms with Crippen LogP contribution >= 0.6 is 0 Å². The maximum Gasteiger partial charge on any atom is 0.221 e. The second-order valence-corrected chi connectivity index (χ2v) is 6.19. The standard InChI is InChI=1S/C18H25N3O4/c1-11-4-5-14-15(10-25-18(14)12(11)2)21-17(24)7-6-16(23)20-9-8-19-13(3)22/h4-5,15H,6-10H2,1-3H3,(H,19,22)(H,20,23)(H,21,24). The average molecular weight is 347 g/mol. The minimum absolute atomic E-state index is 0.110. The van der Waals surface area contributed by atoms with Gasteiger partial charge >= 0.3 is 0 Å². The minimum Gasteiger partial charge on any atom is -0.490 e. The molecule has 1 aromatic rings. The zero-order valence-corrected chi connectivity index (χ0v) is 14.9. The molecule has 0 spiro atoms. The fourth-order valence-corrected chi connectivity index (χ4v) is 2.68. The van der Waals surface area contributed by atoms with E-state index in [1.54, 1.807) is 0 Å². The van der Waals surface area contributed by atoms with Crippen LogP contribution in [0.1, 0.15) is 42.5 Å². The molecule has 7 nitrogen and oxygen atoms in total. The molecule has 1 aromatic carbocycles. The van der Waals surface area contributed by atoms with Gasteiger partial charge in [0.2, 0.25) is 17.7 Å². The Hall–Kier alpha value is -2.57. The van der Waals surface area contributed by atoms with Gasteiger partial charge in [0.15, 0.2) is 0 Å². The molecule has 0 radical (unpaired) electrons. The number of carbonyl (C=O) groups is 3. The third-order valence-corrected chi connectivity index (χ3v) is 4.21. The number of aryl methyl sites for hydroxylation is 1. The van der Waals surface area contributed by atoms with Crippen molar-refractivity contribution in [2.24, 2.45) is 0 Å². The predicted octanol–water partition coefficient (Wildman–Crippen LogP) is 0.886. The molecule has 0 aromatic heterocycles. The number of hydrogen-bond acceptors (Lipinski definition) is 4. The number of rotatable bonds is 7. The molecule has 7 heteroatoms. The van der Waals surface area contributed by atoms with Gasteiger partial charge in [0.25, 0.3) is 0 Å². The van der Waals surface area contributed by atoms with Crippen LogP contribution in [0, 0.1) is 13.8 Å². The summed E-state index contributed by atoms with van der Waals surface area (Å²) in [5, 5.41) is 8.16. The summed E-state index contributed by atoms with van der Waals surface area (Å²) in [6.07, 6.45) is 0.224. The SMILES string of the molecule is CC(=O)NCCNC(=O)CCC(=O)NC1COc2c1ccc(C)c2C. The maximum atomic E-state index is 12.1. The molecule has 0 bridgehead atoms. The molecule has 1 aliphatic rings. The van der Waals surface area contributed by atoms with E-state index in [-0.39, 0.29) is 36.6 Å². The smallest absolute Gasteiger partial charge is 0.221 e. The Morgan fingerprint density at radius 3 is 2.48 bits per heavy atom. The molecular weight excluding hydrogens is 322 g/mol. The lowest BCUT2D eigenvalue weighted by Gasteiger charge is -2.12. The maximum absolute atomic E-state index is 12.1. The van der Waals surface area contributed by atoms with E-state index in [1.165, 1.54) is 6.92 Å². The lowest BCUT2D eigenvalue weighted by atomic mass is 10.0. The van der Waals surface area contributed by atoms with Crippen LogP contribution in [0.15, 0.2) is 12.1 Å². The fourth-order valence-electron chi connectivity index (χ4n) is 2.68. The van der Waals surface area contributed by atoms with Gasteiger partial charge in [-0.2, -0.15) is 0 Å². The first-order chi connectivity index (χ1) is 11.9. The zero-order chi connectivity index (χ0) is 18.4. The van der Waals surface area contributed by atoms with E-state index in [0.717, 1.165) is 22.4 Å². The molecule has 3 N–H and O–H groups in total. The molecule has 136 valence electrons. The Balaban J connectivity index is 1.74. The van der Waals surface area contributed by atoms with E-state index in [9.17, 15) is 14.4 Å². The van der Waals surface area contributed by atoms with Crippen LogP contribution < -0.4 is 20.7 Å². The van der Waals surface area contributed by atoms with Gasteiger partial charge in [-0.05, 0) is 25.0 Å². The average Bonchev–Trinajstić information content (AvgIpc) is 2.96. The van der Waals surface area contributed by atoms with Crippen molar-refractivity contribution in [3.8, 4) is 5.75 Å². The van der Waals surface area contributed by atoms with Gasteiger partial charge in [0.05, 0.1) is 6.04 Å². The van der Waals surface area contributed by atoms with Crippen LogP contribution in [0.25, 0.3) is 0 Å². The second-order valence-electron chi connectivity index (χ2n) is 6.19. The molecular formula is C18H25N3O4. The monoisotopic (exact) mass is 347 g/mol. The summed E-state index contributed by atoms with van der Waals surface area (Å²) in [5.74, 6) is 0.311. The largest absolute Gasteiger partial charge is 0.490 e. The van der Waals surface area contributed by atoms with Crippen LogP contribution in [0.5, 0.6) is 5.75 Å². The molecule has 1 aliphatic heterocycles. The van der Waals surface area contributed by atoms with Crippen LogP contribution in [-0.4, -0.2) is 37.4 Å². The van der Waals surface area contributed by atoms with E-state index in [0.29, 0.717) is 19.7 Å². The molecule has 0 saturated heterocycles. The highest BCUT2D eigenvalue weighted by Crippen LogP contribution is 2.36. The number of fused-ring (bicyclic) bond motifs is 1. The second kappa shape index (κ2) is 8.50. The highest BCUT2D eigenvalue weighted by molar-refractivity contribution is 5.84. The number of hydrogen-bond donors (Lipinski definition) is 3. The lowest BCUT2D eigenvalue weighted by Crippen LogP contribution is -2.35. The molecule has 0 saturated carbocycles. The number of carbonyl (C=O) groups excluding carboxylic acids is 3. The van der Waals surface area contributed by atoms with E-state index in [1.807, 2.05) is 26.0 Å². The van der Waals surface area contributed by atoms with Gasteiger partial charge in [-0.3, -0.25) is 14.4 Å². The number of amides is 3. The van der Waals surface area contributed by atoms with Crippen molar-refractivity contribution in [1.29, 1.82) is 0 Å². The Kier molecular flexibility index (Phi) is 6.38. The fraction of sp³-hybridized carbons (Fsp3) is 0.500. The van der Waals surface area contributed by atoms with Crippen molar-refractivity contribution in [2.75, 3.05) is 19.7 Å². The summed E-state index contributed by atoms with van der Waals surface area (Å²) in [5.41, 5.74) is 3.23. The van der Waals surface area contributed by atoms with Gasteiger partial charge in [0, 0.05) is 38.4 Å². The van der Waals surface area contributed by atoms with Gasteiger partial charge in [-0.15, -0.1) is 0 Å². The number of ether oxygens (including phenoxy) is 1. The van der Waals surface area contributed by atoms with E-state index in [4.69, 9.17) is 4.74 Å². The van der Waals surface area contributed by atoms with Gasteiger partial charge in [-0.25, -0.2) is 0 Å². The molecule has 1 atom stereocenters. The zero-order valence-electron chi connectivity index (χ0n) is 14.9. The van der Waals surface area contributed by atoms with Crippen LogP contribution in [0.4, 0.5) is 0 Å². The molecule has 25 heavy (non-hydrogen) atoms. The highest BCUT2D eigenvalue weighted by atomic mass is 16.5. The summed E-state index contributed by atoms with van der Waals surface area (Å²) in [6.45, 7) is 6.58. The Morgan fingerprint density at radius 1 is 1.08 bits per heavy atom. The van der Waals surface area contributed by atoms with Crippen molar-refractivity contribution < 1.29 is 19.1 Å². The van der Waals surface area contributed by atoms with Gasteiger partial charge < -0.3 is 20.7 Å². The van der Waals surface area contributed by atoms with Crippen molar-refractivity contribution in [3.05, 3.63) is 28.8 Å². The Morgan fingerprint density at radius 2 is 1.76 bits per heavy atom. The van der Waals surface area contributed by atoms with Crippen molar-refractivity contribution in [2.45, 2.75) is 39.7 Å². The summed E-state index contributed by atoms with van der Waals surface area (Å²) in [4.78, 5) is 34.5. The van der Waals surface area contributed by atoms with E-state index in [2.05, 4.69) is 16.0 Å². The first kappa shape index (κ1) is 18.8. The van der Waals surface area contributed by atoms with E-state index >= 15 is 0 Å². The molecule has 1 heterocycles. The number of benzene rings is 1. The predicted molar refractivity (Wildman–Crippen MR) is 93.2 cm³/mol. The lowest BCUT2D eigenvalue weighted by molar-refractivity contribution is -0.126. The quantitative estimate of drug-likeness (QED) is 0.638. The Labute approximate surface area is 147 Å². The van der Waals surface area contributed by atoms with Crippen LogP contribution in [-0.2, 0) is 14.4 Å². The topological polar surface area (TPSA) is 96.5 Å². The van der Waals surface area contributed by atoms with Gasteiger partial charge in [-0.1, -0.05) is 12.1 Å². The van der Waals surface area contributed by atoms with Crippen molar-refractivity contribution in [3.63, 3.8) is 0 Å². The summed E-state index contributed by atoms with van der Waals surface area (Å²) in [6, 6.07) is 3.82. The minimum atomic E-state index is -0.213.